The van der Waals surface area contributed by atoms with Gasteiger partial charge in [-0.2, -0.15) is 0 Å². The first-order valence-corrected chi connectivity index (χ1v) is 16.3. The molecule has 10 heteroatoms. The summed E-state index contributed by atoms with van der Waals surface area (Å²) in [6.45, 7) is 0.378. The second-order valence-electron chi connectivity index (χ2n) is 11.7. The third kappa shape index (κ3) is 26.4. The van der Waals surface area contributed by atoms with Crippen molar-refractivity contribution < 1.29 is 39.3 Å². The Balaban J connectivity index is 3.65. The standard InChI is InChI=1S/C32H58N2O8/c33-28(32(41)42)20-17-18-24-34-29(36)23-22-26(31(39)40)25-27(35)19-15-13-11-9-7-5-3-1-2-4-6-8-10-12-14-16-21-30(37)38/h26,28H,1-25,33H2,(H,34,36)(H,37,38)(H,39,40)(H,41,42)/t26-,28+/m1/s1. The quantitative estimate of drug-likeness (QED) is 0.0577. The number of hydrogen-bond donors (Lipinski definition) is 5. The number of nitrogens with two attached hydrogens (primary N) is 1. The molecule has 0 bridgehead atoms. The van der Waals surface area contributed by atoms with Crippen LogP contribution < -0.4 is 11.1 Å². The van der Waals surface area contributed by atoms with Crippen LogP contribution in [0, 0.1) is 5.92 Å². The van der Waals surface area contributed by atoms with Crippen molar-refractivity contribution in [3.63, 3.8) is 0 Å². The van der Waals surface area contributed by atoms with E-state index in [2.05, 4.69) is 5.32 Å². The highest BCUT2D eigenvalue weighted by atomic mass is 16.4. The summed E-state index contributed by atoms with van der Waals surface area (Å²) >= 11 is 0. The molecule has 0 aliphatic carbocycles. The summed E-state index contributed by atoms with van der Waals surface area (Å²) in [7, 11) is 0. The number of unbranched alkanes of at least 4 members (excludes halogenated alkanes) is 16. The van der Waals surface area contributed by atoms with Crippen molar-refractivity contribution in [1.82, 2.24) is 5.32 Å². The number of ketones is 1. The van der Waals surface area contributed by atoms with E-state index in [-0.39, 0.29) is 31.0 Å². The Morgan fingerprint density at radius 1 is 0.524 bits per heavy atom. The minimum Gasteiger partial charge on any atom is -0.481 e. The molecule has 0 aromatic rings. The zero-order valence-electron chi connectivity index (χ0n) is 25.8. The van der Waals surface area contributed by atoms with Gasteiger partial charge in [0.25, 0.3) is 0 Å². The van der Waals surface area contributed by atoms with Gasteiger partial charge >= 0.3 is 17.9 Å². The lowest BCUT2D eigenvalue weighted by Gasteiger charge is -2.12. The molecule has 0 aliphatic heterocycles. The van der Waals surface area contributed by atoms with Crippen LogP contribution in [0.3, 0.4) is 0 Å². The topological polar surface area (TPSA) is 184 Å². The molecular formula is C32H58N2O8. The van der Waals surface area contributed by atoms with Crippen molar-refractivity contribution in [3.8, 4) is 0 Å². The second kappa shape index (κ2) is 27.3. The highest BCUT2D eigenvalue weighted by Crippen LogP contribution is 2.17. The van der Waals surface area contributed by atoms with Gasteiger partial charge in [0.1, 0.15) is 11.8 Å². The number of aliphatic carboxylic acids is 3. The molecule has 244 valence electrons. The molecule has 0 rings (SSSR count). The predicted octanol–water partition coefficient (Wildman–Crippen LogP) is 6.23. The summed E-state index contributed by atoms with van der Waals surface area (Å²) in [6.07, 6.45) is 20.6. The van der Waals surface area contributed by atoms with Gasteiger partial charge in [-0.05, 0) is 38.5 Å². The van der Waals surface area contributed by atoms with Crippen LogP contribution in [0.1, 0.15) is 154 Å². The zero-order valence-corrected chi connectivity index (χ0v) is 25.8. The smallest absolute Gasteiger partial charge is 0.320 e. The van der Waals surface area contributed by atoms with Crippen LogP contribution in [0.4, 0.5) is 0 Å². The van der Waals surface area contributed by atoms with Crippen molar-refractivity contribution in [2.45, 2.75) is 160 Å². The highest BCUT2D eigenvalue weighted by molar-refractivity contribution is 5.84. The average Bonchev–Trinajstić information content (AvgIpc) is 2.93. The molecule has 0 radical (unpaired) electrons. The van der Waals surface area contributed by atoms with Crippen molar-refractivity contribution in [2.24, 2.45) is 11.7 Å². The number of carbonyl (C=O) groups excluding carboxylic acids is 2. The number of carbonyl (C=O) groups is 5. The minimum absolute atomic E-state index is 0.0382. The van der Waals surface area contributed by atoms with Gasteiger partial charge in [-0.15, -0.1) is 0 Å². The Bertz CT molecular complexity index is 759. The highest BCUT2D eigenvalue weighted by Gasteiger charge is 2.22. The first kappa shape index (κ1) is 39.5. The van der Waals surface area contributed by atoms with Gasteiger partial charge in [0, 0.05) is 32.2 Å². The predicted molar refractivity (Wildman–Crippen MR) is 163 cm³/mol. The molecule has 42 heavy (non-hydrogen) atoms. The number of nitrogens with one attached hydrogen (secondary N) is 1. The van der Waals surface area contributed by atoms with Gasteiger partial charge in [0.2, 0.25) is 5.91 Å². The van der Waals surface area contributed by atoms with Crippen LogP contribution in [-0.4, -0.2) is 57.5 Å². The number of rotatable bonds is 31. The number of hydrogen-bond acceptors (Lipinski definition) is 6. The van der Waals surface area contributed by atoms with Crippen molar-refractivity contribution in [3.05, 3.63) is 0 Å². The molecule has 0 spiro atoms. The van der Waals surface area contributed by atoms with Gasteiger partial charge in [-0.25, -0.2) is 0 Å². The Morgan fingerprint density at radius 2 is 0.976 bits per heavy atom. The van der Waals surface area contributed by atoms with E-state index in [1.165, 1.54) is 57.8 Å². The molecule has 10 nitrogen and oxygen atoms in total. The molecule has 0 saturated carbocycles. The lowest BCUT2D eigenvalue weighted by molar-refractivity contribution is -0.144. The van der Waals surface area contributed by atoms with E-state index < -0.39 is 29.9 Å². The van der Waals surface area contributed by atoms with E-state index in [4.69, 9.17) is 15.9 Å². The second-order valence-corrected chi connectivity index (χ2v) is 11.7. The SMILES string of the molecule is N[C@@H](CCCCNC(=O)CC[C@H](CC(=O)CCCCCCCCCCCCCCCCCCC(=O)O)C(=O)O)C(=O)O. The number of carboxylic acid groups (broad SMARTS) is 3. The van der Waals surface area contributed by atoms with E-state index in [9.17, 15) is 29.1 Å². The Hall–Kier alpha value is -2.49. The van der Waals surface area contributed by atoms with Crippen molar-refractivity contribution in [1.29, 1.82) is 0 Å². The summed E-state index contributed by atoms with van der Waals surface area (Å²) in [5.41, 5.74) is 5.43. The zero-order chi connectivity index (χ0) is 31.4. The fraction of sp³-hybridized carbons (Fsp3) is 0.844. The fourth-order valence-corrected chi connectivity index (χ4v) is 5.00. The maximum absolute atomic E-state index is 12.3. The normalized spacial score (nSPS) is 12.5. The number of Topliss-reactive ketones (excluding diaryl/α,β-unsaturated/α-hetero) is 1. The molecule has 0 aliphatic rings. The molecule has 1 amide bonds. The van der Waals surface area contributed by atoms with E-state index in [0.717, 1.165) is 44.9 Å². The van der Waals surface area contributed by atoms with Crippen molar-refractivity contribution in [2.75, 3.05) is 6.54 Å². The van der Waals surface area contributed by atoms with Gasteiger partial charge in [0.15, 0.2) is 0 Å². The van der Waals surface area contributed by atoms with Gasteiger partial charge in [-0.3, -0.25) is 24.0 Å². The van der Waals surface area contributed by atoms with Gasteiger partial charge in [-0.1, -0.05) is 89.9 Å². The van der Waals surface area contributed by atoms with E-state index in [0.29, 0.717) is 38.6 Å². The lowest BCUT2D eigenvalue weighted by Crippen LogP contribution is -2.30. The van der Waals surface area contributed by atoms with Gasteiger partial charge < -0.3 is 26.4 Å². The molecule has 2 atom stereocenters. The third-order valence-corrected chi connectivity index (χ3v) is 7.72. The molecule has 0 aromatic carbocycles. The summed E-state index contributed by atoms with van der Waals surface area (Å²) in [5.74, 6) is -3.98. The van der Waals surface area contributed by atoms with Crippen LogP contribution in [0.25, 0.3) is 0 Å². The first-order valence-electron chi connectivity index (χ1n) is 16.3. The fourth-order valence-electron chi connectivity index (χ4n) is 5.00. The van der Waals surface area contributed by atoms with Crippen LogP contribution in [0.15, 0.2) is 0 Å². The van der Waals surface area contributed by atoms with Crippen LogP contribution in [0.2, 0.25) is 0 Å². The molecule has 6 N–H and O–H groups in total. The lowest BCUT2D eigenvalue weighted by atomic mass is 9.94. The third-order valence-electron chi connectivity index (χ3n) is 7.72. The summed E-state index contributed by atoms with van der Waals surface area (Å²) in [5, 5.41) is 29.5. The van der Waals surface area contributed by atoms with Crippen LogP contribution >= 0.6 is 0 Å². The molecule has 0 aromatic heterocycles. The summed E-state index contributed by atoms with van der Waals surface area (Å²) < 4.78 is 0. The maximum Gasteiger partial charge on any atom is 0.320 e. The van der Waals surface area contributed by atoms with Gasteiger partial charge in [0.05, 0.1) is 5.92 Å². The maximum atomic E-state index is 12.3. The van der Waals surface area contributed by atoms with Crippen LogP contribution in [-0.2, 0) is 24.0 Å². The first-order chi connectivity index (χ1) is 20.1. The van der Waals surface area contributed by atoms with Crippen molar-refractivity contribution >= 4 is 29.6 Å². The van der Waals surface area contributed by atoms with E-state index in [1.54, 1.807) is 0 Å². The Labute approximate surface area is 252 Å². The monoisotopic (exact) mass is 598 g/mol. The summed E-state index contributed by atoms with van der Waals surface area (Å²) in [6, 6.07) is -0.905. The molecular weight excluding hydrogens is 540 g/mol. The Kier molecular flexibility index (Phi) is 25.7. The Morgan fingerprint density at radius 3 is 1.40 bits per heavy atom. The largest absolute Gasteiger partial charge is 0.481 e. The van der Waals surface area contributed by atoms with Crippen LogP contribution in [0.5, 0.6) is 0 Å². The average molecular weight is 599 g/mol. The molecule has 0 saturated heterocycles. The minimum atomic E-state index is -1.05. The molecule has 0 heterocycles. The molecule has 0 unspecified atom stereocenters. The number of amides is 1. The van der Waals surface area contributed by atoms with E-state index in [1.807, 2.05) is 0 Å². The summed E-state index contributed by atoms with van der Waals surface area (Å²) in [4.78, 5) is 57.0. The van der Waals surface area contributed by atoms with E-state index >= 15 is 0 Å². The molecule has 0 fully saturated rings. The number of carboxylic acids is 3.